The Morgan fingerprint density at radius 2 is 2.03 bits per heavy atom. The number of aromatic amines is 1. The maximum atomic E-state index is 12.3. The lowest BCUT2D eigenvalue weighted by molar-refractivity contribution is -0.384. The first-order chi connectivity index (χ1) is 14.6. The highest BCUT2D eigenvalue weighted by Crippen LogP contribution is 2.41. The number of hydrogen-bond donors (Lipinski definition) is 2. The van der Waals surface area contributed by atoms with Crippen molar-refractivity contribution >= 4 is 60.0 Å². The molecule has 1 amide bonds. The summed E-state index contributed by atoms with van der Waals surface area (Å²) in [5, 5.41) is 28.7. The van der Waals surface area contributed by atoms with Gasteiger partial charge >= 0.3 is 5.91 Å². The summed E-state index contributed by atoms with van der Waals surface area (Å²) in [6.45, 7) is 5.55. The molecule has 0 fully saturated rings. The van der Waals surface area contributed by atoms with Gasteiger partial charge in [0.25, 0.3) is 5.69 Å². The number of rotatable bonds is 6. The second-order valence-electron chi connectivity index (χ2n) is 7.08. The number of azo groups is 1. The normalized spacial score (nSPS) is 11.5. The van der Waals surface area contributed by atoms with Crippen LogP contribution >= 0.6 is 31.9 Å². The van der Waals surface area contributed by atoms with Gasteiger partial charge in [0, 0.05) is 27.6 Å². The zero-order valence-electron chi connectivity index (χ0n) is 16.8. The van der Waals surface area contributed by atoms with Gasteiger partial charge < -0.3 is 14.8 Å². The lowest BCUT2D eigenvalue weighted by Gasteiger charge is -2.18. The molecule has 0 aliphatic carbocycles. The Labute approximate surface area is 193 Å². The minimum atomic E-state index is -0.682. The minimum absolute atomic E-state index is 0.0607. The number of nitro benzene ring substituents is 1. The third-order valence-electron chi connectivity index (χ3n) is 4.52. The number of nitrogens with one attached hydrogen (secondary N) is 1. The molecule has 11 heteroatoms. The van der Waals surface area contributed by atoms with E-state index in [9.17, 15) is 20.0 Å². The van der Waals surface area contributed by atoms with Gasteiger partial charge in [-0.3, -0.25) is 14.9 Å². The first-order valence-corrected chi connectivity index (χ1v) is 10.7. The molecular weight excluding hydrogens is 536 g/mol. The Morgan fingerprint density at radius 3 is 2.68 bits per heavy atom. The number of benzene rings is 2. The highest BCUT2D eigenvalue weighted by atomic mass is 79.9. The maximum absolute atomic E-state index is 12.3. The number of aromatic hydroxyl groups is 1. The number of hydrogen-bond acceptors (Lipinski definition) is 6. The first kappa shape index (κ1) is 22.9. The van der Waals surface area contributed by atoms with E-state index in [0.717, 1.165) is 20.1 Å². The molecule has 0 aliphatic rings. The van der Waals surface area contributed by atoms with E-state index in [4.69, 9.17) is 4.74 Å². The van der Waals surface area contributed by atoms with Gasteiger partial charge in [0.1, 0.15) is 5.75 Å². The molecule has 0 atom stereocenters. The van der Waals surface area contributed by atoms with Gasteiger partial charge in [-0.2, -0.15) is 0 Å². The maximum Gasteiger partial charge on any atom is 0.302 e. The number of carbonyl (C=O) groups is 1. The molecule has 31 heavy (non-hydrogen) atoms. The van der Waals surface area contributed by atoms with E-state index in [1.165, 1.54) is 18.2 Å². The van der Waals surface area contributed by atoms with Crippen molar-refractivity contribution in [2.45, 2.75) is 26.7 Å². The Hall–Kier alpha value is -2.79. The number of carbonyl (C=O) groups excluding carboxylic acids is 1. The molecule has 0 bridgehead atoms. The van der Waals surface area contributed by atoms with Crippen LogP contribution in [0.3, 0.4) is 0 Å². The molecule has 3 rings (SSSR count). The fraction of sp³-hybridized carbons (Fsp3) is 0.250. The van der Waals surface area contributed by atoms with Crippen LogP contribution in [0.25, 0.3) is 10.9 Å². The number of nitro groups is 1. The minimum Gasteiger partial charge on any atom is -0.493 e. The van der Waals surface area contributed by atoms with Gasteiger partial charge in [-0.15, -0.1) is 10.2 Å². The van der Waals surface area contributed by atoms with Gasteiger partial charge in [-0.05, 0) is 46.5 Å². The van der Waals surface area contributed by atoms with Crippen LogP contribution in [-0.4, -0.2) is 27.5 Å². The molecular formula is C20H18Br2N4O5. The van der Waals surface area contributed by atoms with Crippen LogP contribution in [0.1, 0.15) is 30.9 Å². The van der Waals surface area contributed by atoms with Crippen LogP contribution in [-0.2, 0) is 4.79 Å². The Morgan fingerprint density at radius 1 is 1.32 bits per heavy atom. The predicted molar refractivity (Wildman–Crippen MR) is 122 cm³/mol. The van der Waals surface area contributed by atoms with Crippen LogP contribution in [0.15, 0.2) is 43.4 Å². The van der Waals surface area contributed by atoms with Crippen molar-refractivity contribution in [1.29, 1.82) is 0 Å². The molecule has 0 saturated carbocycles. The largest absolute Gasteiger partial charge is 0.493 e. The zero-order valence-corrected chi connectivity index (χ0v) is 19.9. The van der Waals surface area contributed by atoms with Crippen LogP contribution < -0.4 is 4.74 Å². The fourth-order valence-corrected chi connectivity index (χ4v) is 4.47. The molecule has 162 valence electrons. The highest BCUT2D eigenvalue weighted by molar-refractivity contribution is 9.11. The number of non-ortho nitro benzene ring substituents is 1. The van der Waals surface area contributed by atoms with Crippen LogP contribution in [0.5, 0.6) is 11.6 Å². The third-order valence-corrected chi connectivity index (χ3v) is 6.16. The Kier molecular flexibility index (Phi) is 6.75. The van der Waals surface area contributed by atoms with E-state index in [0.29, 0.717) is 11.3 Å². The van der Waals surface area contributed by atoms with Crippen molar-refractivity contribution in [1.82, 2.24) is 4.98 Å². The van der Waals surface area contributed by atoms with Crippen molar-refractivity contribution in [2.24, 2.45) is 10.2 Å². The molecule has 9 nitrogen and oxygen atoms in total. The topological polar surface area (TPSA) is 130 Å². The summed E-state index contributed by atoms with van der Waals surface area (Å²) in [4.78, 5) is 25.4. The Balaban J connectivity index is 1.84. The molecule has 1 heterocycles. The summed E-state index contributed by atoms with van der Waals surface area (Å²) in [6.07, 6.45) is 0. The number of nitrogens with zero attached hydrogens (tertiary/aromatic N) is 3. The average Bonchev–Trinajstić information content (AvgIpc) is 3.01. The summed E-state index contributed by atoms with van der Waals surface area (Å²) in [5.74, 6) is -0.355. The highest BCUT2D eigenvalue weighted by Gasteiger charge is 2.19. The molecule has 0 unspecified atom stereocenters. The SMILES string of the molecule is Cc1cc(Br)c(C(C)C)c(OCC(=O)N=Nc2c(O)[nH]c3ccc([N+](=O)[O-])cc23)c1Br. The summed E-state index contributed by atoms with van der Waals surface area (Å²) in [7, 11) is 0. The van der Waals surface area contributed by atoms with Gasteiger partial charge in [0.05, 0.1) is 14.9 Å². The number of fused-ring (bicyclic) bond motifs is 1. The van der Waals surface area contributed by atoms with Crippen LogP contribution in [0, 0.1) is 17.0 Å². The Bertz CT molecular complexity index is 1220. The van der Waals surface area contributed by atoms with E-state index in [2.05, 4.69) is 47.1 Å². The smallest absolute Gasteiger partial charge is 0.302 e. The quantitative estimate of drug-likeness (QED) is 0.206. The van der Waals surface area contributed by atoms with Crippen molar-refractivity contribution in [2.75, 3.05) is 6.61 Å². The number of ether oxygens (including phenoxy) is 1. The third kappa shape index (κ3) is 4.77. The van der Waals surface area contributed by atoms with Crippen LogP contribution in [0.4, 0.5) is 11.4 Å². The number of amides is 1. The molecule has 3 aromatic rings. The molecule has 0 radical (unpaired) electrons. The summed E-state index contributed by atoms with van der Waals surface area (Å²) < 4.78 is 7.37. The molecule has 1 aromatic heterocycles. The second-order valence-corrected chi connectivity index (χ2v) is 8.73. The van der Waals surface area contributed by atoms with E-state index in [1.807, 2.05) is 26.8 Å². The van der Waals surface area contributed by atoms with Crippen molar-refractivity contribution in [3.63, 3.8) is 0 Å². The number of aromatic nitrogens is 1. The van der Waals surface area contributed by atoms with Gasteiger partial charge in [0.2, 0.25) is 5.88 Å². The zero-order chi connectivity index (χ0) is 22.9. The lowest BCUT2D eigenvalue weighted by atomic mass is 10.0. The van der Waals surface area contributed by atoms with E-state index < -0.39 is 10.8 Å². The van der Waals surface area contributed by atoms with Gasteiger partial charge in [0.15, 0.2) is 12.3 Å². The van der Waals surface area contributed by atoms with Gasteiger partial charge in [-0.1, -0.05) is 29.8 Å². The van der Waals surface area contributed by atoms with Crippen molar-refractivity contribution < 1.29 is 19.6 Å². The molecule has 0 saturated heterocycles. The second kappa shape index (κ2) is 9.15. The van der Waals surface area contributed by atoms with E-state index >= 15 is 0 Å². The van der Waals surface area contributed by atoms with E-state index in [-0.39, 0.29) is 35.2 Å². The number of H-pyrrole nitrogens is 1. The van der Waals surface area contributed by atoms with E-state index in [1.54, 1.807) is 0 Å². The molecule has 0 spiro atoms. The summed E-state index contributed by atoms with van der Waals surface area (Å²) in [6, 6.07) is 5.95. The first-order valence-electron chi connectivity index (χ1n) is 9.15. The number of aryl methyl sites for hydroxylation is 1. The van der Waals surface area contributed by atoms with Gasteiger partial charge in [-0.25, -0.2) is 0 Å². The van der Waals surface area contributed by atoms with Crippen LogP contribution in [0.2, 0.25) is 0 Å². The average molecular weight is 554 g/mol. The lowest BCUT2D eigenvalue weighted by Crippen LogP contribution is -2.11. The predicted octanol–water partition coefficient (Wildman–Crippen LogP) is 6.43. The monoisotopic (exact) mass is 552 g/mol. The van der Waals surface area contributed by atoms with Crippen molar-refractivity contribution in [3.8, 4) is 11.6 Å². The molecule has 0 aliphatic heterocycles. The molecule has 2 aromatic carbocycles. The molecule has 2 N–H and O–H groups in total. The number of halogens is 2. The van der Waals surface area contributed by atoms with Crippen molar-refractivity contribution in [3.05, 3.63) is 54.5 Å². The summed E-state index contributed by atoms with van der Waals surface area (Å²) in [5.41, 5.74) is 2.04. The standard InChI is InChI=1S/C20H18Br2N4O5/c1-9(2)16-13(21)6-10(3)17(22)19(16)31-8-15(27)24-25-18-12-7-11(26(29)30)4-5-14(12)23-20(18)28/h4-7,9,23,28H,8H2,1-3H3. The fourth-order valence-electron chi connectivity index (χ4n) is 3.05. The summed E-state index contributed by atoms with van der Waals surface area (Å²) >= 11 is 7.04.